The lowest BCUT2D eigenvalue weighted by molar-refractivity contribution is -0.152. The zero-order valence-electron chi connectivity index (χ0n) is 20.0. The van der Waals surface area contributed by atoms with Crippen LogP contribution in [0, 0.1) is 11.2 Å². The molecular weight excluding hydrogens is 473 g/mol. The minimum Gasteiger partial charge on any atom is -0.487 e. The van der Waals surface area contributed by atoms with Crippen LogP contribution < -0.4 is 10.1 Å². The molecule has 0 radical (unpaired) electrons. The van der Waals surface area contributed by atoms with E-state index >= 15 is 0 Å². The molecule has 1 saturated carbocycles. The molecule has 0 bridgehead atoms. The van der Waals surface area contributed by atoms with E-state index in [9.17, 15) is 14.3 Å². The van der Waals surface area contributed by atoms with Gasteiger partial charge in [-0.1, -0.05) is 17.7 Å². The maximum atomic E-state index is 14.2. The molecule has 2 heterocycles. The number of aliphatic carboxylic acids is 1. The van der Waals surface area contributed by atoms with Gasteiger partial charge < -0.3 is 15.2 Å². The summed E-state index contributed by atoms with van der Waals surface area (Å²) in [5.41, 5.74) is -0.633. The van der Waals surface area contributed by atoms with Gasteiger partial charge in [0.25, 0.3) is 0 Å². The summed E-state index contributed by atoms with van der Waals surface area (Å²) < 4.78 is 21.9. The fraction of sp³-hybridized carbons (Fsp3) is 0.440. The molecule has 3 aromatic rings. The number of hydrogen-bond acceptors (Lipinski definition) is 6. The normalized spacial score (nSPS) is 20.4. The van der Waals surface area contributed by atoms with E-state index in [0.29, 0.717) is 37.2 Å². The summed E-state index contributed by atoms with van der Waals surface area (Å²) >= 11 is 5.84. The van der Waals surface area contributed by atoms with Crippen LogP contribution in [0.15, 0.2) is 42.9 Å². The molecule has 0 atom stereocenters. The lowest BCUT2D eigenvalue weighted by Crippen LogP contribution is -2.40. The number of benzene rings is 1. The Labute approximate surface area is 208 Å². The number of nitrogens with one attached hydrogen (secondary N) is 1. The van der Waals surface area contributed by atoms with Crippen molar-refractivity contribution in [3.05, 3.63) is 59.4 Å². The van der Waals surface area contributed by atoms with Crippen LogP contribution in [0.5, 0.6) is 5.75 Å². The van der Waals surface area contributed by atoms with Gasteiger partial charge in [-0.15, -0.1) is 0 Å². The van der Waals surface area contributed by atoms with Gasteiger partial charge in [0, 0.05) is 18.7 Å². The van der Waals surface area contributed by atoms with Crippen LogP contribution >= 0.6 is 11.6 Å². The minimum atomic E-state index is -0.993. The van der Waals surface area contributed by atoms with Gasteiger partial charge in [-0.05, 0) is 58.6 Å². The van der Waals surface area contributed by atoms with Crippen LogP contribution in [0.1, 0.15) is 52.1 Å². The Morgan fingerprint density at radius 2 is 2.03 bits per heavy atom. The lowest BCUT2D eigenvalue weighted by atomic mass is 9.70. The molecule has 0 aliphatic heterocycles. The van der Waals surface area contributed by atoms with Crippen molar-refractivity contribution in [1.82, 2.24) is 19.7 Å². The number of nitrogens with zero attached hydrogens (tertiary/aromatic N) is 4. The molecule has 35 heavy (non-hydrogen) atoms. The molecule has 0 spiro atoms. The van der Waals surface area contributed by atoms with E-state index < -0.39 is 17.2 Å². The Balaban J connectivity index is 1.45. The van der Waals surface area contributed by atoms with Crippen molar-refractivity contribution >= 4 is 29.2 Å². The average Bonchev–Trinajstić information content (AvgIpc) is 3.27. The van der Waals surface area contributed by atoms with Gasteiger partial charge in [-0.2, -0.15) is 5.10 Å². The van der Waals surface area contributed by atoms with Gasteiger partial charge >= 0.3 is 5.97 Å². The molecule has 1 aromatic carbocycles. The summed E-state index contributed by atoms with van der Waals surface area (Å²) in [6.07, 6.45) is 6.58. The van der Waals surface area contributed by atoms with Crippen LogP contribution in [0.25, 0.3) is 0 Å². The number of anilines is 2. The average molecular weight is 502 g/mol. The number of carboxylic acid groups (broad SMARTS) is 1. The largest absolute Gasteiger partial charge is 0.487 e. The molecule has 8 nitrogen and oxygen atoms in total. The van der Waals surface area contributed by atoms with Crippen LogP contribution in [0.2, 0.25) is 5.02 Å². The van der Waals surface area contributed by atoms with E-state index in [1.54, 1.807) is 24.7 Å². The maximum absolute atomic E-state index is 14.2. The topological polar surface area (TPSA) is 102 Å². The summed E-state index contributed by atoms with van der Waals surface area (Å²) in [5, 5.41) is 17.7. The zero-order chi connectivity index (χ0) is 25.2. The first-order chi connectivity index (χ1) is 16.6. The molecule has 0 amide bonds. The Kier molecular flexibility index (Phi) is 6.98. The van der Waals surface area contributed by atoms with Gasteiger partial charge in [0.05, 0.1) is 40.2 Å². The first kappa shape index (κ1) is 24.9. The van der Waals surface area contributed by atoms with Crippen molar-refractivity contribution < 1.29 is 19.0 Å². The number of carboxylic acids is 1. The second-order valence-corrected chi connectivity index (χ2v) is 10.4. The number of hydrogen-bond donors (Lipinski definition) is 2. The maximum Gasteiger partial charge on any atom is 0.310 e. The van der Waals surface area contributed by atoms with E-state index in [1.165, 1.54) is 12.1 Å². The van der Waals surface area contributed by atoms with Gasteiger partial charge in [-0.3, -0.25) is 9.78 Å². The van der Waals surface area contributed by atoms with Gasteiger partial charge in [0.15, 0.2) is 11.6 Å². The predicted octanol–water partition coefficient (Wildman–Crippen LogP) is 5.60. The summed E-state index contributed by atoms with van der Waals surface area (Å²) in [5.74, 6) is -0.109. The summed E-state index contributed by atoms with van der Waals surface area (Å²) in [7, 11) is 0. The van der Waals surface area contributed by atoms with E-state index in [2.05, 4.69) is 20.4 Å². The third-order valence-corrected chi connectivity index (χ3v) is 6.58. The first-order valence-electron chi connectivity index (χ1n) is 11.5. The highest BCUT2D eigenvalue weighted by molar-refractivity contribution is 6.30. The highest BCUT2D eigenvalue weighted by Gasteiger charge is 2.43. The van der Waals surface area contributed by atoms with Crippen molar-refractivity contribution in [2.75, 3.05) is 5.32 Å². The third kappa shape index (κ3) is 5.56. The van der Waals surface area contributed by atoms with E-state index in [0.717, 1.165) is 5.82 Å². The quantitative estimate of drug-likeness (QED) is 0.434. The Morgan fingerprint density at radius 1 is 1.29 bits per heavy atom. The number of halogens is 2. The molecule has 1 aliphatic carbocycles. The Bertz CT molecular complexity index is 1200. The smallest absolute Gasteiger partial charge is 0.310 e. The minimum absolute atomic E-state index is 0.00388. The fourth-order valence-corrected chi connectivity index (χ4v) is 4.61. The number of rotatable bonds is 7. The number of ether oxygens (including phenoxy) is 1. The Hall–Kier alpha value is -3.20. The van der Waals surface area contributed by atoms with Crippen LogP contribution in [0.3, 0.4) is 0 Å². The lowest BCUT2D eigenvalue weighted by Gasteiger charge is -2.36. The van der Waals surface area contributed by atoms with Crippen LogP contribution in [-0.4, -0.2) is 36.9 Å². The SMILES string of the molecule is CC(C)(C)n1nccc1Nc1cncc(C[C@]2(C(=O)O)CC[C@H](Oc3cccc(Cl)c3F)CC2)n1. The summed E-state index contributed by atoms with van der Waals surface area (Å²) in [4.78, 5) is 21.2. The molecule has 1 aliphatic rings. The predicted molar refractivity (Wildman–Crippen MR) is 131 cm³/mol. The third-order valence-electron chi connectivity index (χ3n) is 6.29. The van der Waals surface area contributed by atoms with Crippen molar-refractivity contribution in [2.45, 2.75) is 64.5 Å². The molecular formula is C25H29ClFN5O3. The molecule has 2 aromatic heterocycles. The summed E-state index contributed by atoms with van der Waals surface area (Å²) in [6, 6.07) is 6.46. The highest BCUT2D eigenvalue weighted by Crippen LogP contribution is 2.41. The first-order valence-corrected chi connectivity index (χ1v) is 11.9. The van der Waals surface area contributed by atoms with Crippen molar-refractivity contribution in [2.24, 2.45) is 5.41 Å². The number of carbonyl (C=O) groups is 1. The second-order valence-electron chi connectivity index (χ2n) is 9.95. The molecule has 10 heteroatoms. The van der Waals surface area contributed by atoms with Crippen molar-refractivity contribution in [3.8, 4) is 5.75 Å². The zero-order valence-corrected chi connectivity index (χ0v) is 20.7. The Morgan fingerprint density at radius 3 is 2.71 bits per heavy atom. The standard InChI is InChI=1S/C25H29ClFN5O3/c1-24(2,3)32-21(9-12-29-32)31-20-15-28-14-16(30-20)13-25(23(33)34)10-7-17(8-11-25)35-19-6-4-5-18(26)22(19)27/h4-6,9,12,14-15,17H,7-8,10-11,13H2,1-3H3,(H,30,31)(H,33,34)/t17-,25-. The van der Waals surface area contributed by atoms with Gasteiger partial charge in [-0.25, -0.2) is 14.1 Å². The highest BCUT2D eigenvalue weighted by atomic mass is 35.5. The monoisotopic (exact) mass is 501 g/mol. The van der Waals surface area contributed by atoms with Gasteiger partial charge in [0.2, 0.25) is 0 Å². The number of aromatic nitrogens is 4. The van der Waals surface area contributed by atoms with Crippen LogP contribution in [0.4, 0.5) is 16.0 Å². The van der Waals surface area contributed by atoms with E-state index in [-0.39, 0.29) is 28.8 Å². The molecule has 0 saturated heterocycles. The summed E-state index contributed by atoms with van der Waals surface area (Å²) in [6.45, 7) is 6.14. The second kappa shape index (κ2) is 9.81. The van der Waals surface area contributed by atoms with Crippen molar-refractivity contribution in [1.29, 1.82) is 0 Å². The van der Waals surface area contributed by atoms with Crippen LogP contribution in [-0.2, 0) is 16.8 Å². The molecule has 4 rings (SSSR count). The van der Waals surface area contributed by atoms with E-state index in [1.807, 2.05) is 31.5 Å². The molecule has 0 unspecified atom stereocenters. The van der Waals surface area contributed by atoms with Crippen molar-refractivity contribution in [3.63, 3.8) is 0 Å². The van der Waals surface area contributed by atoms with Gasteiger partial charge in [0.1, 0.15) is 11.6 Å². The molecule has 2 N–H and O–H groups in total. The fourth-order valence-electron chi connectivity index (χ4n) is 4.44. The van der Waals surface area contributed by atoms with E-state index in [4.69, 9.17) is 16.3 Å². The molecule has 186 valence electrons. The molecule has 1 fully saturated rings.